The van der Waals surface area contributed by atoms with Crippen LogP contribution in [0.15, 0.2) is 41.6 Å². The van der Waals surface area contributed by atoms with Gasteiger partial charge >= 0.3 is 11.9 Å². The maximum atomic E-state index is 13.7. The zero-order valence-electron chi connectivity index (χ0n) is 18.3. The van der Waals surface area contributed by atoms with Gasteiger partial charge in [-0.3, -0.25) is 13.8 Å². The largest absolute Gasteiger partial charge is 0.416 e. The molecule has 1 aliphatic rings. The van der Waals surface area contributed by atoms with Gasteiger partial charge < -0.3 is 9.64 Å². The molecule has 2 aromatic heterocycles. The Kier molecular flexibility index (Phi) is 5.89. The van der Waals surface area contributed by atoms with Gasteiger partial charge in [0.1, 0.15) is 0 Å². The summed E-state index contributed by atoms with van der Waals surface area (Å²) >= 11 is 0. The van der Waals surface area contributed by atoms with E-state index < -0.39 is 17.4 Å². The first-order valence-electron chi connectivity index (χ1n) is 10.5. The molecule has 10 heteroatoms. The Morgan fingerprint density at radius 1 is 1.19 bits per heavy atom. The van der Waals surface area contributed by atoms with Crippen LogP contribution in [0.1, 0.15) is 30.7 Å². The van der Waals surface area contributed by atoms with Gasteiger partial charge in [0.15, 0.2) is 0 Å². The molecule has 3 heterocycles. The molecule has 172 valence electrons. The van der Waals surface area contributed by atoms with Gasteiger partial charge in [0.25, 0.3) is 0 Å². The van der Waals surface area contributed by atoms with Crippen LogP contribution in [0.3, 0.4) is 0 Å². The fourth-order valence-corrected chi connectivity index (χ4v) is 4.03. The highest BCUT2D eigenvalue weighted by atomic mass is 19.4. The summed E-state index contributed by atoms with van der Waals surface area (Å²) in [5, 5.41) is 4.21. The minimum atomic E-state index is -4.53. The summed E-state index contributed by atoms with van der Waals surface area (Å²) in [5.41, 5.74) is 0.837. The quantitative estimate of drug-likeness (QED) is 0.599. The number of nitrogens with zero attached hydrogens (tertiary/aromatic N) is 5. The summed E-state index contributed by atoms with van der Waals surface area (Å²) in [7, 11) is 0. The van der Waals surface area contributed by atoms with Crippen molar-refractivity contribution >= 4 is 5.69 Å². The van der Waals surface area contributed by atoms with Crippen molar-refractivity contribution in [2.75, 3.05) is 24.6 Å². The molecule has 0 unspecified atom stereocenters. The number of imidazole rings is 1. The normalized spacial score (nSPS) is 17.2. The Labute approximate surface area is 183 Å². The Hall–Kier alpha value is -3.01. The summed E-state index contributed by atoms with van der Waals surface area (Å²) in [6, 6.07) is 3.81. The maximum absolute atomic E-state index is 13.7. The summed E-state index contributed by atoms with van der Waals surface area (Å²) < 4.78 is 51.2. The van der Waals surface area contributed by atoms with Crippen LogP contribution in [0.5, 0.6) is 0 Å². The second-order valence-corrected chi connectivity index (χ2v) is 8.08. The van der Waals surface area contributed by atoms with Gasteiger partial charge in [-0.25, -0.2) is 4.79 Å². The lowest BCUT2D eigenvalue weighted by atomic mass is 10.1. The van der Waals surface area contributed by atoms with Crippen molar-refractivity contribution in [2.45, 2.75) is 46.1 Å². The van der Waals surface area contributed by atoms with Gasteiger partial charge in [-0.05, 0) is 39.0 Å². The molecule has 1 aliphatic heterocycles. The smallest absolute Gasteiger partial charge is 0.375 e. The van der Waals surface area contributed by atoms with Crippen LogP contribution in [0.4, 0.5) is 18.9 Å². The third kappa shape index (κ3) is 4.45. The molecule has 0 saturated carbocycles. The first-order chi connectivity index (χ1) is 15.2. The van der Waals surface area contributed by atoms with E-state index in [1.54, 1.807) is 30.1 Å². The summed E-state index contributed by atoms with van der Waals surface area (Å²) in [6.45, 7) is 7.97. The fourth-order valence-electron chi connectivity index (χ4n) is 4.03. The van der Waals surface area contributed by atoms with Crippen LogP contribution >= 0.6 is 0 Å². The molecule has 3 aromatic rings. The molecule has 0 amide bonds. The van der Waals surface area contributed by atoms with E-state index >= 15 is 0 Å². The highest BCUT2D eigenvalue weighted by Gasteiger charge is 2.32. The molecule has 4 rings (SSSR count). The summed E-state index contributed by atoms with van der Waals surface area (Å²) in [5.74, 6) is 0. The third-order valence-corrected chi connectivity index (χ3v) is 5.59. The van der Waals surface area contributed by atoms with Crippen molar-refractivity contribution < 1.29 is 17.9 Å². The predicted molar refractivity (Wildman–Crippen MR) is 114 cm³/mol. The zero-order chi connectivity index (χ0) is 23.0. The average molecular weight is 449 g/mol. The lowest BCUT2D eigenvalue weighted by Crippen LogP contribution is -2.41. The van der Waals surface area contributed by atoms with Crippen molar-refractivity contribution in [3.8, 4) is 5.69 Å². The highest BCUT2D eigenvalue weighted by molar-refractivity contribution is 5.57. The second-order valence-electron chi connectivity index (χ2n) is 8.08. The molecule has 7 nitrogen and oxygen atoms in total. The van der Waals surface area contributed by atoms with Gasteiger partial charge in [-0.15, -0.1) is 0 Å². The number of aromatic nitrogens is 4. The van der Waals surface area contributed by atoms with E-state index in [0.29, 0.717) is 44.2 Å². The minimum absolute atomic E-state index is 0.0867. The third-order valence-electron chi connectivity index (χ3n) is 5.59. The molecule has 0 spiro atoms. The summed E-state index contributed by atoms with van der Waals surface area (Å²) in [4.78, 5) is 15.0. The molecular weight excluding hydrogens is 423 g/mol. The molecule has 1 aromatic carbocycles. The van der Waals surface area contributed by atoms with Crippen molar-refractivity contribution in [2.24, 2.45) is 0 Å². The molecule has 32 heavy (non-hydrogen) atoms. The summed E-state index contributed by atoms with van der Waals surface area (Å²) in [6.07, 6.45) is 0.572. The molecule has 1 atom stereocenters. The van der Waals surface area contributed by atoms with Crippen LogP contribution in [0, 0.1) is 6.92 Å². The van der Waals surface area contributed by atoms with Gasteiger partial charge in [-0.2, -0.15) is 18.3 Å². The number of rotatable bonds is 5. The Morgan fingerprint density at radius 2 is 1.94 bits per heavy atom. The van der Waals surface area contributed by atoms with Gasteiger partial charge in [0.05, 0.1) is 36.7 Å². The molecule has 0 aliphatic carbocycles. The average Bonchev–Trinajstić information content (AvgIpc) is 3.31. The monoisotopic (exact) mass is 449 g/mol. The Bertz CT molecular complexity index is 1160. The Balaban J connectivity index is 1.76. The molecule has 0 bridgehead atoms. The van der Waals surface area contributed by atoms with Gasteiger partial charge in [0.2, 0.25) is 0 Å². The predicted octanol–water partition coefficient (Wildman–Crippen LogP) is 3.46. The van der Waals surface area contributed by atoms with Crippen LogP contribution in [0.2, 0.25) is 0 Å². The minimum Gasteiger partial charge on any atom is -0.375 e. The molecule has 0 N–H and O–H groups in total. The number of ether oxygens (including phenoxy) is 1. The van der Waals surface area contributed by atoms with Crippen LogP contribution in [-0.2, 0) is 24.0 Å². The Morgan fingerprint density at radius 3 is 2.59 bits per heavy atom. The molecule has 0 radical (unpaired) electrons. The van der Waals surface area contributed by atoms with E-state index in [-0.39, 0.29) is 11.8 Å². The van der Waals surface area contributed by atoms with Crippen molar-refractivity contribution in [3.05, 3.63) is 64.1 Å². The lowest BCUT2D eigenvalue weighted by molar-refractivity contribution is -0.137. The number of hydrogen-bond donors (Lipinski definition) is 0. The van der Waals surface area contributed by atoms with Crippen molar-refractivity contribution in [1.29, 1.82) is 0 Å². The van der Waals surface area contributed by atoms with E-state index in [9.17, 15) is 18.0 Å². The van der Waals surface area contributed by atoms with Crippen LogP contribution < -0.4 is 10.6 Å². The SMILES string of the molecule is CCn1cc(Cn2cc(C)n(-c3cc(N4CCO[C@@H](C)C4)cc(C(F)(F)F)c3)c2=O)cn1. The zero-order valence-corrected chi connectivity index (χ0v) is 18.3. The number of alkyl halides is 3. The topological polar surface area (TPSA) is 57.2 Å². The number of benzene rings is 1. The molecular formula is C22H26F3N5O2. The van der Waals surface area contributed by atoms with Crippen LogP contribution in [0.25, 0.3) is 5.69 Å². The second kappa shape index (κ2) is 8.50. The first kappa shape index (κ1) is 22.2. The fraction of sp³-hybridized carbons (Fsp3) is 0.455. The first-order valence-corrected chi connectivity index (χ1v) is 10.5. The number of anilines is 1. The number of aryl methyl sites for hydroxylation is 2. The van der Waals surface area contributed by atoms with E-state index in [4.69, 9.17) is 4.74 Å². The molecule has 1 saturated heterocycles. The van der Waals surface area contributed by atoms with Crippen molar-refractivity contribution in [1.82, 2.24) is 18.9 Å². The molecule has 1 fully saturated rings. The number of hydrogen-bond acceptors (Lipinski definition) is 4. The highest BCUT2D eigenvalue weighted by Crippen LogP contribution is 2.34. The maximum Gasteiger partial charge on any atom is 0.416 e. The van der Waals surface area contributed by atoms with E-state index in [1.165, 1.54) is 9.13 Å². The van der Waals surface area contributed by atoms with Crippen LogP contribution in [-0.4, -0.2) is 44.7 Å². The number of halogens is 3. The van der Waals surface area contributed by atoms with Gasteiger partial charge in [0, 0.05) is 49.0 Å². The van der Waals surface area contributed by atoms with E-state index in [0.717, 1.165) is 17.7 Å². The number of morpholine rings is 1. The van der Waals surface area contributed by atoms with Gasteiger partial charge in [-0.1, -0.05) is 0 Å². The standard InChI is InChI=1S/C22H26F3N5O2/c1-4-29-14-17(10-26-29)13-28-11-15(2)30(21(28)31)20-8-18(22(23,24)25)7-19(9-20)27-5-6-32-16(3)12-27/h7-11,14,16H,4-6,12-13H2,1-3H3/t16-/m0/s1. The van der Waals surface area contributed by atoms with Crippen molar-refractivity contribution in [3.63, 3.8) is 0 Å². The van der Waals surface area contributed by atoms with E-state index in [1.807, 2.05) is 24.9 Å². The van der Waals surface area contributed by atoms with E-state index in [2.05, 4.69) is 5.10 Å². The lowest BCUT2D eigenvalue weighted by Gasteiger charge is -2.33.